The molecule has 0 radical (unpaired) electrons. The summed E-state index contributed by atoms with van der Waals surface area (Å²) in [6.45, 7) is 0. The van der Waals surface area contributed by atoms with E-state index in [9.17, 15) is 0 Å². The molecule has 0 fully saturated rings. The van der Waals surface area contributed by atoms with Gasteiger partial charge in [-0.25, -0.2) is 0 Å². The van der Waals surface area contributed by atoms with Crippen LogP contribution in [0.2, 0.25) is 0 Å². The van der Waals surface area contributed by atoms with Crippen LogP contribution in [0.15, 0.2) is 34.9 Å². The van der Waals surface area contributed by atoms with Gasteiger partial charge in [-0.3, -0.25) is 0 Å². The van der Waals surface area contributed by atoms with Crippen LogP contribution in [0, 0.1) is 0 Å². The highest BCUT2D eigenvalue weighted by Crippen LogP contribution is 2.21. The summed E-state index contributed by atoms with van der Waals surface area (Å²) < 4.78 is 5.01. The lowest BCUT2D eigenvalue weighted by Gasteiger charge is -2.13. The van der Waals surface area contributed by atoms with E-state index in [1.807, 2.05) is 19.3 Å². The highest BCUT2D eigenvalue weighted by molar-refractivity contribution is 9.10. The summed E-state index contributed by atoms with van der Waals surface area (Å²) in [7, 11) is 1.96. The molecule has 0 aliphatic rings. The van der Waals surface area contributed by atoms with Gasteiger partial charge in [0.25, 0.3) is 0 Å². The quantitative estimate of drug-likeness (QED) is 0.943. The molecule has 84 valence electrons. The average Bonchev–Trinajstić information content (AvgIpc) is 2.79. The summed E-state index contributed by atoms with van der Waals surface area (Å²) in [5.74, 6) is 0. The summed E-state index contributed by atoms with van der Waals surface area (Å²) in [6, 6.07) is 8.64. The van der Waals surface area contributed by atoms with Gasteiger partial charge in [-0.05, 0) is 42.7 Å². The van der Waals surface area contributed by atoms with Gasteiger partial charge in [0.15, 0.2) is 0 Å². The molecule has 0 bridgehead atoms. The molecule has 0 spiro atoms. The van der Waals surface area contributed by atoms with Gasteiger partial charge in [-0.1, -0.05) is 32.6 Å². The molecule has 1 aromatic heterocycles. The Kier molecular flexibility index (Phi) is 4.04. The first-order valence-corrected chi connectivity index (χ1v) is 6.55. The van der Waals surface area contributed by atoms with Crippen molar-refractivity contribution in [1.29, 1.82) is 0 Å². The minimum atomic E-state index is 0.286. The van der Waals surface area contributed by atoms with Crippen LogP contribution in [0.1, 0.15) is 16.5 Å². The lowest BCUT2D eigenvalue weighted by Crippen LogP contribution is -2.17. The van der Waals surface area contributed by atoms with Crippen LogP contribution in [0.25, 0.3) is 0 Å². The molecule has 0 aliphatic heterocycles. The smallest absolute Gasteiger partial charge is 0.0669 e. The molecule has 5 heteroatoms. The molecular weight excluding hydrogens is 286 g/mol. The lowest BCUT2D eigenvalue weighted by molar-refractivity contribution is 0.601. The first-order valence-electron chi connectivity index (χ1n) is 4.98. The third-order valence-corrected chi connectivity index (χ3v) is 3.67. The second-order valence-electron chi connectivity index (χ2n) is 3.50. The number of hydrogen-bond acceptors (Lipinski definition) is 4. The molecule has 1 unspecified atom stereocenters. The van der Waals surface area contributed by atoms with Crippen LogP contribution >= 0.6 is 27.5 Å². The van der Waals surface area contributed by atoms with E-state index >= 15 is 0 Å². The van der Waals surface area contributed by atoms with Crippen molar-refractivity contribution in [1.82, 2.24) is 14.9 Å². The van der Waals surface area contributed by atoms with Crippen molar-refractivity contribution in [3.8, 4) is 0 Å². The van der Waals surface area contributed by atoms with Crippen molar-refractivity contribution in [3.63, 3.8) is 0 Å². The second kappa shape index (κ2) is 5.52. The van der Waals surface area contributed by atoms with Gasteiger partial charge in [0.2, 0.25) is 0 Å². The SMILES string of the molecule is CNC(Cc1cccc(Br)c1)c1cnns1. The molecule has 0 amide bonds. The van der Waals surface area contributed by atoms with Crippen LogP contribution in [0.4, 0.5) is 0 Å². The molecule has 2 rings (SSSR count). The summed E-state index contributed by atoms with van der Waals surface area (Å²) >= 11 is 4.92. The zero-order valence-corrected chi connectivity index (χ0v) is 11.3. The molecule has 16 heavy (non-hydrogen) atoms. The van der Waals surface area contributed by atoms with Crippen LogP contribution < -0.4 is 5.32 Å². The van der Waals surface area contributed by atoms with Crippen LogP contribution in [-0.4, -0.2) is 16.6 Å². The van der Waals surface area contributed by atoms with Crippen molar-refractivity contribution in [2.75, 3.05) is 7.05 Å². The first kappa shape index (κ1) is 11.7. The Hall–Kier alpha value is -0.780. The topological polar surface area (TPSA) is 37.8 Å². The van der Waals surface area contributed by atoms with Crippen LogP contribution in [0.3, 0.4) is 0 Å². The first-order chi connectivity index (χ1) is 7.79. The highest BCUT2D eigenvalue weighted by Gasteiger charge is 2.12. The van der Waals surface area contributed by atoms with Gasteiger partial charge < -0.3 is 5.32 Å². The molecule has 2 aromatic rings. The van der Waals surface area contributed by atoms with Crippen molar-refractivity contribution in [2.45, 2.75) is 12.5 Å². The predicted molar refractivity (Wildman–Crippen MR) is 69.6 cm³/mol. The zero-order valence-electron chi connectivity index (χ0n) is 8.85. The lowest BCUT2D eigenvalue weighted by atomic mass is 10.1. The zero-order chi connectivity index (χ0) is 11.4. The van der Waals surface area contributed by atoms with E-state index < -0.39 is 0 Å². The molecule has 0 aliphatic carbocycles. The summed E-state index contributed by atoms with van der Waals surface area (Å²) in [5, 5.41) is 7.16. The summed E-state index contributed by atoms with van der Waals surface area (Å²) in [5.41, 5.74) is 1.29. The Morgan fingerprint density at radius 1 is 1.50 bits per heavy atom. The molecule has 1 aromatic carbocycles. The van der Waals surface area contributed by atoms with Crippen molar-refractivity contribution >= 4 is 27.5 Å². The minimum absolute atomic E-state index is 0.286. The number of hydrogen-bond donors (Lipinski definition) is 1. The maximum atomic E-state index is 3.89. The van der Waals surface area contributed by atoms with Crippen molar-refractivity contribution < 1.29 is 0 Å². The van der Waals surface area contributed by atoms with Gasteiger partial charge in [0.05, 0.1) is 11.1 Å². The van der Waals surface area contributed by atoms with E-state index in [1.54, 1.807) is 0 Å². The number of nitrogens with one attached hydrogen (secondary N) is 1. The van der Waals surface area contributed by atoms with E-state index in [2.05, 4.69) is 49.0 Å². The van der Waals surface area contributed by atoms with Gasteiger partial charge in [0, 0.05) is 10.5 Å². The summed E-state index contributed by atoms with van der Waals surface area (Å²) in [6.07, 6.45) is 2.77. The second-order valence-corrected chi connectivity index (χ2v) is 5.23. The normalized spacial score (nSPS) is 12.6. The number of rotatable bonds is 4. The Balaban J connectivity index is 2.13. The minimum Gasteiger partial charge on any atom is -0.312 e. The maximum absolute atomic E-state index is 3.89. The fourth-order valence-electron chi connectivity index (χ4n) is 1.57. The van der Waals surface area contributed by atoms with Gasteiger partial charge in [-0.2, -0.15) is 0 Å². The number of halogens is 1. The van der Waals surface area contributed by atoms with E-state index in [1.165, 1.54) is 22.0 Å². The van der Waals surface area contributed by atoms with Gasteiger partial charge in [0.1, 0.15) is 0 Å². The third-order valence-electron chi connectivity index (χ3n) is 2.40. The highest BCUT2D eigenvalue weighted by atomic mass is 79.9. The molecular formula is C11H12BrN3S. The number of nitrogens with zero attached hydrogens (tertiary/aromatic N) is 2. The monoisotopic (exact) mass is 297 g/mol. The van der Waals surface area contributed by atoms with Gasteiger partial charge >= 0.3 is 0 Å². The van der Waals surface area contributed by atoms with E-state index in [4.69, 9.17) is 0 Å². The van der Waals surface area contributed by atoms with Crippen molar-refractivity contribution in [2.24, 2.45) is 0 Å². The van der Waals surface area contributed by atoms with Crippen LogP contribution in [0.5, 0.6) is 0 Å². The van der Waals surface area contributed by atoms with E-state index in [0.717, 1.165) is 10.9 Å². The number of aromatic nitrogens is 2. The molecule has 0 saturated heterocycles. The Morgan fingerprint density at radius 2 is 2.38 bits per heavy atom. The summed E-state index contributed by atoms with van der Waals surface area (Å²) in [4.78, 5) is 1.17. The average molecular weight is 298 g/mol. The standard InChI is InChI=1S/C11H12BrN3S/c1-13-10(11-7-14-15-16-11)6-8-3-2-4-9(12)5-8/h2-5,7,10,13H,6H2,1H3. The number of benzene rings is 1. The molecule has 1 heterocycles. The molecule has 3 nitrogen and oxygen atoms in total. The molecule has 1 atom stereocenters. The number of likely N-dealkylation sites (N-methyl/N-ethyl adjacent to an activating group) is 1. The third kappa shape index (κ3) is 2.87. The maximum Gasteiger partial charge on any atom is 0.0669 e. The Labute approximate surface area is 107 Å². The van der Waals surface area contributed by atoms with E-state index in [-0.39, 0.29) is 6.04 Å². The molecule has 0 saturated carbocycles. The fraction of sp³-hybridized carbons (Fsp3) is 0.273. The fourth-order valence-corrected chi connectivity index (χ4v) is 2.63. The Morgan fingerprint density at radius 3 is 3.00 bits per heavy atom. The van der Waals surface area contributed by atoms with Crippen molar-refractivity contribution in [3.05, 3.63) is 45.4 Å². The predicted octanol–water partition coefficient (Wildman–Crippen LogP) is 2.80. The van der Waals surface area contributed by atoms with E-state index in [0.29, 0.717) is 0 Å². The molecule has 1 N–H and O–H groups in total. The largest absolute Gasteiger partial charge is 0.312 e. The Bertz CT molecular complexity index is 444. The van der Waals surface area contributed by atoms with Gasteiger partial charge in [-0.15, -0.1) is 5.10 Å². The van der Waals surface area contributed by atoms with Crippen LogP contribution in [-0.2, 0) is 6.42 Å².